The van der Waals surface area contributed by atoms with Crippen molar-refractivity contribution in [2.75, 3.05) is 0 Å². The molecule has 2 rings (SSSR count). The minimum absolute atomic E-state index is 0.197. The Hall–Kier alpha value is -1.13. The molecule has 0 bridgehead atoms. The molecule has 0 radical (unpaired) electrons. The van der Waals surface area contributed by atoms with Gasteiger partial charge in [-0.05, 0) is 43.6 Å². The fourth-order valence-corrected chi connectivity index (χ4v) is 2.14. The predicted molar refractivity (Wildman–Crippen MR) is 66.4 cm³/mol. The van der Waals surface area contributed by atoms with Crippen LogP contribution in [0.5, 0.6) is 5.75 Å². The second-order valence-electron chi connectivity index (χ2n) is 4.01. The summed E-state index contributed by atoms with van der Waals surface area (Å²) in [6, 6.07) is 9.69. The lowest BCUT2D eigenvalue weighted by atomic mass is 10.2. The van der Waals surface area contributed by atoms with Crippen LogP contribution in [0.15, 0.2) is 30.3 Å². The highest BCUT2D eigenvalue weighted by molar-refractivity contribution is 7.80. The van der Waals surface area contributed by atoms with Gasteiger partial charge in [0.05, 0.1) is 6.10 Å². The summed E-state index contributed by atoms with van der Waals surface area (Å²) in [6.07, 6.45) is 2.33. The zero-order valence-corrected chi connectivity index (χ0v) is 9.74. The Morgan fingerprint density at radius 1 is 1.31 bits per heavy atom. The summed E-state index contributed by atoms with van der Waals surface area (Å²) in [7, 11) is 0. The van der Waals surface area contributed by atoms with Gasteiger partial charge >= 0.3 is 0 Å². The van der Waals surface area contributed by atoms with Gasteiger partial charge in [0, 0.05) is 6.04 Å². The van der Waals surface area contributed by atoms with E-state index in [1.165, 1.54) is 0 Å². The normalized spacial score (nSPS) is 24.1. The van der Waals surface area contributed by atoms with E-state index < -0.39 is 0 Å². The summed E-state index contributed by atoms with van der Waals surface area (Å²) < 4.78 is 5.45. The Morgan fingerprint density at radius 2 is 2.06 bits per heavy atom. The lowest BCUT2D eigenvalue weighted by Gasteiger charge is -2.14. The maximum atomic E-state index is 9.38. The van der Waals surface area contributed by atoms with E-state index in [-0.39, 0.29) is 12.1 Å². The van der Waals surface area contributed by atoms with Gasteiger partial charge in [0.25, 0.3) is 5.17 Å². The van der Waals surface area contributed by atoms with Crippen molar-refractivity contribution in [3.63, 3.8) is 0 Å². The molecule has 0 spiro atoms. The number of thiocarbonyl (C=S) groups is 1. The number of ether oxygens (including phenoxy) is 1. The number of hydrogen-bond donors (Lipinski definition) is 2. The van der Waals surface area contributed by atoms with Gasteiger partial charge in [-0.2, -0.15) is 0 Å². The van der Waals surface area contributed by atoms with E-state index in [9.17, 15) is 5.11 Å². The van der Waals surface area contributed by atoms with Crippen molar-refractivity contribution in [1.82, 2.24) is 5.32 Å². The molecule has 1 aromatic rings. The third kappa shape index (κ3) is 3.18. The molecule has 1 fully saturated rings. The van der Waals surface area contributed by atoms with Crippen LogP contribution in [-0.2, 0) is 0 Å². The third-order valence-corrected chi connectivity index (χ3v) is 2.88. The first kappa shape index (κ1) is 11.4. The van der Waals surface area contributed by atoms with Gasteiger partial charge in [-0.1, -0.05) is 18.2 Å². The average Bonchev–Trinajstić information content (AvgIpc) is 2.65. The number of nitrogens with one attached hydrogen (secondary N) is 1. The van der Waals surface area contributed by atoms with Crippen molar-refractivity contribution in [3.8, 4) is 5.75 Å². The van der Waals surface area contributed by atoms with Crippen molar-refractivity contribution in [3.05, 3.63) is 30.3 Å². The van der Waals surface area contributed by atoms with Gasteiger partial charge in [0.15, 0.2) is 0 Å². The smallest absolute Gasteiger partial charge is 0.262 e. The monoisotopic (exact) mass is 237 g/mol. The maximum absolute atomic E-state index is 9.38. The number of para-hydroxylation sites is 1. The summed E-state index contributed by atoms with van der Waals surface area (Å²) in [6.45, 7) is 0. The van der Waals surface area contributed by atoms with E-state index in [0.717, 1.165) is 25.0 Å². The van der Waals surface area contributed by atoms with Crippen LogP contribution in [0, 0.1) is 0 Å². The molecule has 1 aromatic carbocycles. The number of rotatable bonds is 2. The van der Waals surface area contributed by atoms with Gasteiger partial charge in [-0.15, -0.1) is 0 Å². The van der Waals surface area contributed by atoms with E-state index in [1.807, 2.05) is 30.3 Å². The van der Waals surface area contributed by atoms with Crippen molar-refractivity contribution in [2.45, 2.75) is 31.4 Å². The fraction of sp³-hybridized carbons (Fsp3) is 0.417. The Morgan fingerprint density at radius 3 is 2.69 bits per heavy atom. The lowest BCUT2D eigenvalue weighted by Crippen LogP contribution is -2.35. The maximum Gasteiger partial charge on any atom is 0.262 e. The molecule has 2 N–H and O–H groups in total. The standard InChI is InChI=1S/C12H15NO2S/c14-10-7-6-9(8-10)13-12(16)15-11-4-2-1-3-5-11/h1-5,9-10,14H,6-8H2,(H,13,16). The summed E-state index contributed by atoms with van der Waals surface area (Å²) >= 11 is 5.10. The molecule has 0 aliphatic heterocycles. The third-order valence-electron chi connectivity index (χ3n) is 2.68. The Bertz CT molecular complexity index is 355. The van der Waals surface area contributed by atoms with Gasteiger partial charge in [-0.3, -0.25) is 0 Å². The summed E-state index contributed by atoms with van der Waals surface area (Å²) in [4.78, 5) is 0. The molecular formula is C12H15NO2S. The van der Waals surface area contributed by atoms with Crippen LogP contribution in [0.1, 0.15) is 19.3 Å². The van der Waals surface area contributed by atoms with Crippen LogP contribution in [0.25, 0.3) is 0 Å². The molecule has 1 saturated carbocycles. The first-order valence-corrected chi connectivity index (χ1v) is 5.86. The van der Waals surface area contributed by atoms with E-state index >= 15 is 0 Å². The molecule has 2 atom stereocenters. The van der Waals surface area contributed by atoms with E-state index in [2.05, 4.69) is 5.32 Å². The highest BCUT2D eigenvalue weighted by atomic mass is 32.1. The van der Waals surface area contributed by atoms with Gasteiger partial charge < -0.3 is 15.2 Å². The highest BCUT2D eigenvalue weighted by Gasteiger charge is 2.23. The molecule has 4 heteroatoms. The molecule has 3 nitrogen and oxygen atoms in total. The Balaban J connectivity index is 1.81. The number of aliphatic hydroxyl groups is 1. The van der Waals surface area contributed by atoms with Crippen LogP contribution >= 0.6 is 12.2 Å². The number of hydrogen-bond acceptors (Lipinski definition) is 3. The first-order chi connectivity index (χ1) is 7.74. The topological polar surface area (TPSA) is 41.5 Å². The SMILES string of the molecule is OC1CCC(NC(=S)Oc2ccccc2)C1. The van der Waals surface area contributed by atoms with Crippen LogP contribution < -0.4 is 10.1 Å². The molecule has 0 saturated heterocycles. The van der Waals surface area contributed by atoms with Gasteiger partial charge in [0.1, 0.15) is 5.75 Å². The predicted octanol–water partition coefficient (Wildman–Crippen LogP) is 1.85. The molecule has 1 aliphatic rings. The van der Waals surface area contributed by atoms with Gasteiger partial charge in [-0.25, -0.2) is 0 Å². The number of aliphatic hydroxyl groups excluding tert-OH is 1. The van der Waals surface area contributed by atoms with Crippen LogP contribution in [0.2, 0.25) is 0 Å². The molecule has 1 aliphatic carbocycles. The van der Waals surface area contributed by atoms with Crippen LogP contribution in [-0.4, -0.2) is 22.4 Å². The number of benzene rings is 1. The zero-order chi connectivity index (χ0) is 11.4. The molecule has 0 aromatic heterocycles. The van der Waals surface area contributed by atoms with Crippen molar-refractivity contribution >= 4 is 17.4 Å². The summed E-state index contributed by atoms with van der Waals surface area (Å²) in [5.74, 6) is 0.735. The van der Waals surface area contributed by atoms with Crippen molar-refractivity contribution < 1.29 is 9.84 Å². The second-order valence-corrected chi connectivity index (χ2v) is 4.38. The van der Waals surface area contributed by atoms with Crippen LogP contribution in [0.4, 0.5) is 0 Å². The largest absolute Gasteiger partial charge is 0.432 e. The molecule has 2 unspecified atom stereocenters. The van der Waals surface area contributed by atoms with Crippen molar-refractivity contribution in [2.24, 2.45) is 0 Å². The molecule has 0 amide bonds. The average molecular weight is 237 g/mol. The zero-order valence-electron chi connectivity index (χ0n) is 8.93. The van der Waals surface area contributed by atoms with E-state index in [1.54, 1.807) is 0 Å². The lowest BCUT2D eigenvalue weighted by molar-refractivity contribution is 0.180. The quantitative estimate of drug-likeness (QED) is 0.770. The highest BCUT2D eigenvalue weighted by Crippen LogP contribution is 2.19. The van der Waals surface area contributed by atoms with Gasteiger partial charge in [0.2, 0.25) is 0 Å². The first-order valence-electron chi connectivity index (χ1n) is 5.45. The summed E-state index contributed by atoms with van der Waals surface area (Å²) in [5, 5.41) is 12.9. The minimum Gasteiger partial charge on any atom is -0.432 e. The van der Waals surface area contributed by atoms with Crippen LogP contribution in [0.3, 0.4) is 0 Å². The molecular weight excluding hydrogens is 222 g/mol. The Kier molecular flexibility index (Phi) is 3.74. The molecule has 16 heavy (non-hydrogen) atoms. The Labute approximate surface area is 100 Å². The van der Waals surface area contributed by atoms with E-state index in [4.69, 9.17) is 17.0 Å². The van der Waals surface area contributed by atoms with E-state index in [0.29, 0.717) is 5.17 Å². The fourth-order valence-electron chi connectivity index (χ4n) is 1.88. The molecule has 0 heterocycles. The second kappa shape index (κ2) is 5.27. The minimum atomic E-state index is -0.197. The molecule has 86 valence electrons. The summed E-state index contributed by atoms with van der Waals surface area (Å²) in [5.41, 5.74) is 0. The van der Waals surface area contributed by atoms with Crippen molar-refractivity contribution in [1.29, 1.82) is 0 Å².